The van der Waals surface area contributed by atoms with Gasteiger partial charge in [-0.2, -0.15) is 0 Å². The van der Waals surface area contributed by atoms with E-state index in [4.69, 9.17) is 9.47 Å². The van der Waals surface area contributed by atoms with Gasteiger partial charge in [0.1, 0.15) is 5.60 Å². The van der Waals surface area contributed by atoms with Gasteiger partial charge in [-0.1, -0.05) is 31.6 Å². The van der Waals surface area contributed by atoms with Crippen molar-refractivity contribution in [1.29, 1.82) is 0 Å². The maximum atomic E-state index is 5.65. The summed E-state index contributed by atoms with van der Waals surface area (Å²) in [4.78, 5) is 0. The molecule has 2 unspecified atom stereocenters. The molecule has 110 valence electrons. The summed E-state index contributed by atoms with van der Waals surface area (Å²) in [5, 5.41) is 0. The molecule has 0 heterocycles. The minimum absolute atomic E-state index is 0.0290. The van der Waals surface area contributed by atoms with E-state index in [1.807, 2.05) is 6.92 Å². The van der Waals surface area contributed by atoms with Gasteiger partial charge in [-0.05, 0) is 51.0 Å². The Morgan fingerprint density at radius 2 is 1.95 bits per heavy atom. The van der Waals surface area contributed by atoms with Crippen molar-refractivity contribution >= 4 is 0 Å². The van der Waals surface area contributed by atoms with Crippen LogP contribution in [-0.4, -0.2) is 25.9 Å². The van der Waals surface area contributed by atoms with Crippen molar-refractivity contribution in [1.82, 2.24) is 0 Å². The summed E-state index contributed by atoms with van der Waals surface area (Å²) in [5.41, 5.74) is 2.86. The summed E-state index contributed by atoms with van der Waals surface area (Å²) in [6.45, 7) is 11.0. The molecule has 0 fully saturated rings. The summed E-state index contributed by atoms with van der Waals surface area (Å²) in [7, 11) is 3.47. The fourth-order valence-corrected chi connectivity index (χ4v) is 2.86. The molecule has 0 aromatic rings. The Bertz CT molecular complexity index is 365. The highest BCUT2D eigenvalue weighted by atomic mass is 16.5. The summed E-state index contributed by atoms with van der Waals surface area (Å²) in [5.74, 6) is 0. The van der Waals surface area contributed by atoms with Crippen LogP contribution in [-0.2, 0) is 9.47 Å². The van der Waals surface area contributed by atoms with Gasteiger partial charge in [0.2, 0.25) is 0 Å². The first kappa shape index (κ1) is 16.5. The first-order valence-electron chi connectivity index (χ1n) is 7.24. The van der Waals surface area contributed by atoms with Crippen LogP contribution in [0, 0.1) is 5.41 Å². The van der Waals surface area contributed by atoms with E-state index in [9.17, 15) is 0 Å². The van der Waals surface area contributed by atoms with Crippen LogP contribution >= 0.6 is 0 Å². The zero-order valence-corrected chi connectivity index (χ0v) is 13.7. The lowest BCUT2D eigenvalue weighted by molar-refractivity contribution is -0.0667. The molecule has 0 saturated carbocycles. The van der Waals surface area contributed by atoms with Gasteiger partial charge in [-0.25, -0.2) is 0 Å². The zero-order valence-electron chi connectivity index (χ0n) is 13.7. The Morgan fingerprint density at radius 1 is 1.32 bits per heavy atom. The molecule has 1 rings (SSSR count). The number of methoxy groups -OCH3 is 2. The van der Waals surface area contributed by atoms with Crippen molar-refractivity contribution < 1.29 is 9.47 Å². The van der Waals surface area contributed by atoms with Gasteiger partial charge in [-0.3, -0.25) is 0 Å². The van der Waals surface area contributed by atoms with Crippen LogP contribution in [0.2, 0.25) is 0 Å². The average molecular weight is 266 g/mol. The van der Waals surface area contributed by atoms with E-state index in [1.54, 1.807) is 14.2 Å². The third-order valence-corrected chi connectivity index (χ3v) is 4.72. The largest absolute Gasteiger partial charge is 0.378 e. The second-order valence-electron chi connectivity index (χ2n) is 6.53. The smallest absolute Gasteiger partial charge is 0.109 e. The van der Waals surface area contributed by atoms with E-state index < -0.39 is 0 Å². The predicted molar refractivity (Wildman–Crippen MR) is 81.4 cm³/mol. The highest BCUT2D eigenvalue weighted by Crippen LogP contribution is 2.41. The quantitative estimate of drug-likeness (QED) is 0.729. The summed E-state index contributed by atoms with van der Waals surface area (Å²) in [6.07, 6.45) is 8.22. The lowest BCUT2D eigenvalue weighted by atomic mass is 9.72. The van der Waals surface area contributed by atoms with E-state index >= 15 is 0 Å². The van der Waals surface area contributed by atoms with Crippen LogP contribution in [0.4, 0.5) is 0 Å². The Labute approximate surface area is 118 Å². The molecule has 19 heavy (non-hydrogen) atoms. The number of rotatable bonds is 5. The molecule has 0 N–H and O–H groups in total. The molecule has 0 aromatic heterocycles. The first-order valence-corrected chi connectivity index (χ1v) is 7.24. The first-order chi connectivity index (χ1) is 8.77. The Hall–Kier alpha value is -0.600. The van der Waals surface area contributed by atoms with Crippen LogP contribution in [0.25, 0.3) is 0 Å². The lowest BCUT2D eigenvalue weighted by Gasteiger charge is -2.35. The molecular formula is C17H30O2. The minimum Gasteiger partial charge on any atom is -0.378 e. The molecule has 0 bridgehead atoms. The summed E-state index contributed by atoms with van der Waals surface area (Å²) in [6, 6.07) is 0. The minimum atomic E-state index is -0.379. The van der Waals surface area contributed by atoms with Crippen molar-refractivity contribution in [2.75, 3.05) is 14.2 Å². The fraction of sp³-hybridized carbons (Fsp3) is 0.765. The molecule has 1 aliphatic rings. The number of ether oxygens (including phenoxy) is 2. The van der Waals surface area contributed by atoms with E-state index in [0.29, 0.717) is 0 Å². The van der Waals surface area contributed by atoms with Gasteiger partial charge in [-0.15, -0.1) is 0 Å². The highest BCUT2D eigenvalue weighted by Gasteiger charge is 2.31. The second-order valence-corrected chi connectivity index (χ2v) is 6.53. The number of allylic oxidation sites excluding steroid dienone is 3. The molecular weight excluding hydrogens is 236 g/mol. The Balaban J connectivity index is 3.02. The molecule has 0 spiro atoms. The van der Waals surface area contributed by atoms with E-state index in [2.05, 4.69) is 39.8 Å². The average Bonchev–Trinajstić information content (AvgIpc) is 2.36. The SMILES string of the molecule is COC(C)C(C)(/C=C/C1=C(C)CCCC1(C)C)OC. The number of hydrogen-bond donors (Lipinski definition) is 0. The monoisotopic (exact) mass is 266 g/mol. The van der Waals surface area contributed by atoms with Crippen LogP contribution in [0.15, 0.2) is 23.3 Å². The zero-order chi connectivity index (χ0) is 14.7. The van der Waals surface area contributed by atoms with Crippen molar-refractivity contribution in [3.8, 4) is 0 Å². The van der Waals surface area contributed by atoms with Crippen molar-refractivity contribution in [3.63, 3.8) is 0 Å². The molecule has 2 heteroatoms. The topological polar surface area (TPSA) is 18.5 Å². The second kappa shape index (κ2) is 6.23. The highest BCUT2D eigenvalue weighted by molar-refractivity contribution is 5.34. The van der Waals surface area contributed by atoms with E-state index in [-0.39, 0.29) is 17.1 Å². The van der Waals surface area contributed by atoms with Gasteiger partial charge in [0.05, 0.1) is 6.10 Å². The van der Waals surface area contributed by atoms with E-state index in [0.717, 1.165) is 0 Å². The van der Waals surface area contributed by atoms with Gasteiger partial charge in [0.15, 0.2) is 0 Å². The fourth-order valence-electron chi connectivity index (χ4n) is 2.86. The maximum Gasteiger partial charge on any atom is 0.109 e. The van der Waals surface area contributed by atoms with Gasteiger partial charge >= 0.3 is 0 Å². The van der Waals surface area contributed by atoms with Crippen LogP contribution < -0.4 is 0 Å². The molecule has 1 aliphatic carbocycles. The molecule has 2 atom stereocenters. The lowest BCUT2D eigenvalue weighted by Crippen LogP contribution is -2.38. The molecule has 0 amide bonds. The summed E-state index contributed by atoms with van der Waals surface area (Å²) >= 11 is 0. The summed E-state index contributed by atoms with van der Waals surface area (Å²) < 4.78 is 11.1. The third kappa shape index (κ3) is 3.70. The van der Waals surface area contributed by atoms with E-state index in [1.165, 1.54) is 30.4 Å². The predicted octanol–water partition coefficient (Wildman–Crippen LogP) is 4.51. The normalized spacial score (nSPS) is 24.6. The van der Waals surface area contributed by atoms with Gasteiger partial charge < -0.3 is 9.47 Å². The number of hydrogen-bond acceptors (Lipinski definition) is 2. The standard InChI is InChI=1S/C17H30O2/c1-13-9-8-11-16(3,4)15(13)10-12-17(5,19-7)14(2)18-6/h10,12,14H,8-9,11H2,1-7H3/b12-10+. The van der Waals surface area contributed by atoms with Crippen LogP contribution in [0.3, 0.4) is 0 Å². The van der Waals surface area contributed by atoms with Gasteiger partial charge in [0, 0.05) is 14.2 Å². The molecule has 0 saturated heterocycles. The van der Waals surface area contributed by atoms with Crippen molar-refractivity contribution in [2.45, 2.75) is 65.6 Å². The molecule has 2 nitrogen and oxygen atoms in total. The Kier molecular flexibility index (Phi) is 5.40. The van der Waals surface area contributed by atoms with Crippen LogP contribution in [0.5, 0.6) is 0 Å². The third-order valence-electron chi connectivity index (χ3n) is 4.72. The van der Waals surface area contributed by atoms with Crippen LogP contribution in [0.1, 0.15) is 53.9 Å². The maximum absolute atomic E-state index is 5.65. The molecule has 0 aromatic carbocycles. The van der Waals surface area contributed by atoms with Crippen molar-refractivity contribution in [3.05, 3.63) is 23.3 Å². The Morgan fingerprint density at radius 3 is 2.42 bits per heavy atom. The van der Waals surface area contributed by atoms with Gasteiger partial charge in [0.25, 0.3) is 0 Å². The molecule has 0 aliphatic heterocycles. The molecule has 0 radical (unpaired) electrons. The van der Waals surface area contributed by atoms with Crippen molar-refractivity contribution in [2.24, 2.45) is 5.41 Å².